The fourth-order valence-electron chi connectivity index (χ4n) is 1.98. The maximum atomic E-state index is 6.05. The number of nitrogens with two attached hydrogens (primary N) is 1. The van der Waals surface area contributed by atoms with Gasteiger partial charge in [0.1, 0.15) is 0 Å². The van der Waals surface area contributed by atoms with E-state index in [0.29, 0.717) is 12.6 Å². The Hall–Kier alpha value is -0.160. The van der Waals surface area contributed by atoms with Crippen molar-refractivity contribution in [3.8, 4) is 0 Å². The van der Waals surface area contributed by atoms with E-state index in [-0.39, 0.29) is 11.5 Å². The summed E-state index contributed by atoms with van der Waals surface area (Å²) in [5.74, 6) is 0. The van der Waals surface area contributed by atoms with Crippen LogP contribution in [-0.4, -0.2) is 57.5 Å². The van der Waals surface area contributed by atoms with Crippen molar-refractivity contribution in [2.75, 3.05) is 40.5 Å². The summed E-state index contributed by atoms with van der Waals surface area (Å²) in [5, 5.41) is 0. The van der Waals surface area contributed by atoms with E-state index in [2.05, 4.69) is 25.8 Å². The van der Waals surface area contributed by atoms with Crippen LogP contribution in [0.3, 0.4) is 0 Å². The molecule has 3 atom stereocenters. The zero-order valence-corrected chi connectivity index (χ0v) is 10.3. The topological polar surface area (TPSA) is 47.7 Å². The monoisotopic (exact) mass is 216 g/mol. The summed E-state index contributed by atoms with van der Waals surface area (Å²) in [7, 11) is 3.84. The van der Waals surface area contributed by atoms with Crippen molar-refractivity contribution in [1.82, 2.24) is 4.90 Å². The Morgan fingerprint density at radius 2 is 2.33 bits per heavy atom. The van der Waals surface area contributed by atoms with Crippen molar-refractivity contribution in [2.45, 2.75) is 25.9 Å². The molecule has 1 heterocycles. The Kier molecular flexibility index (Phi) is 4.52. The van der Waals surface area contributed by atoms with Crippen molar-refractivity contribution in [2.24, 2.45) is 11.1 Å². The number of hydrogen-bond acceptors (Lipinski definition) is 4. The third-order valence-corrected chi connectivity index (χ3v) is 3.40. The summed E-state index contributed by atoms with van der Waals surface area (Å²) < 4.78 is 10.6. The van der Waals surface area contributed by atoms with E-state index in [1.54, 1.807) is 7.11 Å². The smallest absolute Gasteiger partial charge is 0.0624 e. The minimum atomic E-state index is 0.0801. The van der Waals surface area contributed by atoms with Crippen molar-refractivity contribution in [1.29, 1.82) is 0 Å². The van der Waals surface area contributed by atoms with Crippen LogP contribution in [0.25, 0.3) is 0 Å². The SMILES string of the molecule is COCC(C)N(C)CC1(C)COCC1N. The van der Waals surface area contributed by atoms with Gasteiger partial charge < -0.3 is 20.1 Å². The largest absolute Gasteiger partial charge is 0.383 e. The Morgan fingerprint density at radius 1 is 1.67 bits per heavy atom. The first-order valence-electron chi connectivity index (χ1n) is 5.52. The van der Waals surface area contributed by atoms with Gasteiger partial charge >= 0.3 is 0 Å². The van der Waals surface area contributed by atoms with Crippen LogP contribution in [0.2, 0.25) is 0 Å². The minimum absolute atomic E-state index is 0.0801. The molecule has 4 heteroatoms. The van der Waals surface area contributed by atoms with E-state index >= 15 is 0 Å². The molecule has 0 aromatic carbocycles. The standard InChI is InChI=1S/C11H24N2O2/c1-9(5-14-4)13(3)7-11(2)8-15-6-10(11)12/h9-10H,5-8,12H2,1-4H3. The van der Waals surface area contributed by atoms with Crippen LogP contribution in [0.4, 0.5) is 0 Å². The summed E-state index contributed by atoms with van der Waals surface area (Å²) in [6.45, 7) is 7.51. The molecule has 0 aromatic heterocycles. The average Bonchev–Trinajstić information content (AvgIpc) is 2.47. The maximum Gasteiger partial charge on any atom is 0.0624 e. The number of nitrogens with zero attached hydrogens (tertiary/aromatic N) is 1. The molecule has 90 valence electrons. The van der Waals surface area contributed by atoms with Crippen molar-refractivity contribution in [3.63, 3.8) is 0 Å². The Bertz CT molecular complexity index is 201. The van der Waals surface area contributed by atoms with Gasteiger partial charge in [0, 0.05) is 31.2 Å². The van der Waals surface area contributed by atoms with Crippen LogP contribution in [-0.2, 0) is 9.47 Å². The second-order valence-corrected chi connectivity index (χ2v) is 5.00. The normalized spacial score (nSPS) is 33.6. The molecule has 0 aliphatic carbocycles. The van der Waals surface area contributed by atoms with E-state index in [9.17, 15) is 0 Å². The van der Waals surface area contributed by atoms with E-state index in [4.69, 9.17) is 15.2 Å². The summed E-state index contributed by atoms with van der Waals surface area (Å²) in [6.07, 6.45) is 0. The molecule has 0 aromatic rings. The third-order valence-electron chi connectivity index (χ3n) is 3.40. The predicted molar refractivity (Wildman–Crippen MR) is 60.9 cm³/mol. The molecule has 3 unspecified atom stereocenters. The molecular weight excluding hydrogens is 192 g/mol. The first-order valence-corrected chi connectivity index (χ1v) is 5.52. The number of rotatable bonds is 5. The summed E-state index contributed by atoms with van der Waals surface area (Å²) >= 11 is 0. The summed E-state index contributed by atoms with van der Waals surface area (Å²) in [5.41, 5.74) is 6.13. The van der Waals surface area contributed by atoms with Crippen LogP contribution in [0.5, 0.6) is 0 Å². The molecule has 0 amide bonds. The molecule has 15 heavy (non-hydrogen) atoms. The fourth-order valence-corrected chi connectivity index (χ4v) is 1.98. The molecule has 1 fully saturated rings. The van der Waals surface area contributed by atoms with Gasteiger partial charge in [0.25, 0.3) is 0 Å². The number of methoxy groups -OCH3 is 1. The van der Waals surface area contributed by atoms with E-state index < -0.39 is 0 Å². The lowest BCUT2D eigenvalue weighted by Gasteiger charge is -2.34. The first kappa shape index (κ1) is 12.9. The van der Waals surface area contributed by atoms with Crippen LogP contribution < -0.4 is 5.73 Å². The molecule has 1 saturated heterocycles. The van der Waals surface area contributed by atoms with E-state index in [0.717, 1.165) is 19.8 Å². The number of ether oxygens (including phenoxy) is 2. The molecule has 1 aliphatic heterocycles. The van der Waals surface area contributed by atoms with Gasteiger partial charge in [-0.3, -0.25) is 0 Å². The van der Waals surface area contributed by atoms with Gasteiger partial charge in [0.2, 0.25) is 0 Å². The zero-order chi connectivity index (χ0) is 11.5. The molecule has 1 aliphatic rings. The Labute approximate surface area is 92.7 Å². The van der Waals surface area contributed by atoms with Crippen molar-refractivity contribution >= 4 is 0 Å². The highest BCUT2D eigenvalue weighted by Crippen LogP contribution is 2.28. The van der Waals surface area contributed by atoms with Crippen LogP contribution >= 0.6 is 0 Å². The molecule has 0 saturated carbocycles. The van der Waals surface area contributed by atoms with Gasteiger partial charge in [-0.25, -0.2) is 0 Å². The van der Waals surface area contributed by atoms with Gasteiger partial charge in [0.15, 0.2) is 0 Å². The van der Waals surface area contributed by atoms with Gasteiger partial charge in [-0.05, 0) is 14.0 Å². The molecule has 2 N–H and O–H groups in total. The van der Waals surface area contributed by atoms with Gasteiger partial charge in [0.05, 0.1) is 19.8 Å². The van der Waals surface area contributed by atoms with Crippen molar-refractivity contribution < 1.29 is 9.47 Å². The van der Waals surface area contributed by atoms with Crippen LogP contribution in [0.1, 0.15) is 13.8 Å². The fraction of sp³-hybridized carbons (Fsp3) is 1.00. The third kappa shape index (κ3) is 3.14. The van der Waals surface area contributed by atoms with Crippen LogP contribution in [0, 0.1) is 5.41 Å². The lowest BCUT2D eigenvalue weighted by atomic mass is 9.85. The Balaban J connectivity index is 2.45. The summed E-state index contributed by atoms with van der Waals surface area (Å²) in [6, 6.07) is 0.564. The Morgan fingerprint density at radius 3 is 2.80 bits per heavy atom. The molecule has 4 nitrogen and oxygen atoms in total. The highest BCUT2D eigenvalue weighted by molar-refractivity contribution is 4.92. The average molecular weight is 216 g/mol. The van der Waals surface area contributed by atoms with Gasteiger partial charge in [-0.2, -0.15) is 0 Å². The second kappa shape index (κ2) is 5.25. The number of hydrogen-bond donors (Lipinski definition) is 1. The lowest BCUT2D eigenvalue weighted by Crippen LogP contribution is -2.48. The lowest BCUT2D eigenvalue weighted by molar-refractivity contribution is 0.0745. The zero-order valence-electron chi connectivity index (χ0n) is 10.3. The second-order valence-electron chi connectivity index (χ2n) is 5.00. The highest BCUT2D eigenvalue weighted by atomic mass is 16.5. The van der Waals surface area contributed by atoms with Gasteiger partial charge in [-0.1, -0.05) is 6.92 Å². The van der Waals surface area contributed by atoms with Crippen LogP contribution in [0.15, 0.2) is 0 Å². The minimum Gasteiger partial charge on any atom is -0.383 e. The molecule has 0 radical (unpaired) electrons. The first-order chi connectivity index (χ1) is 6.99. The highest BCUT2D eigenvalue weighted by Gasteiger charge is 2.38. The van der Waals surface area contributed by atoms with Gasteiger partial charge in [-0.15, -0.1) is 0 Å². The van der Waals surface area contributed by atoms with E-state index in [1.165, 1.54) is 0 Å². The maximum absolute atomic E-state index is 6.05. The quantitative estimate of drug-likeness (QED) is 0.719. The van der Waals surface area contributed by atoms with E-state index in [1.807, 2.05) is 0 Å². The molecule has 1 rings (SSSR count). The number of likely N-dealkylation sites (N-methyl/N-ethyl adjacent to an activating group) is 1. The predicted octanol–water partition coefficient (Wildman–Crippen LogP) is 0.317. The summed E-state index contributed by atoms with van der Waals surface area (Å²) in [4.78, 5) is 2.29. The molecular formula is C11H24N2O2. The molecule has 0 bridgehead atoms. The molecule has 0 spiro atoms. The van der Waals surface area contributed by atoms with Crippen molar-refractivity contribution in [3.05, 3.63) is 0 Å².